The Labute approximate surface area is 165 Å². The lowest BCUT2D eigenvalue weighted by atomic mass is 9.99. The minimum atomic E-state index is -3.01. The number of nitrogens with zero attached hydrogens (tertiary/aromatic N) is 2. The zero-order chi connectivity index (χ0) is 20.3. The van der Waals surface area contributed by atoms with Crippen molar-refractivity contribution in [3.8, 4) is 16.9 Å². The predicted octanol–water partition coefficient (Wildman–Crippen LogP) is 4.17. The number of amides is 1. The number of aromatic amines is 1. The van der Waals surface area contributed by atoms with E-state index < -0.39 is 6.61 Å². The van der Waals surface area contributed by atoms with Gasteiger partial charge in [-0.3, -0.25) is 4.79 Å². The molecule has 1 saturated carbocycles. The maximum absolute atomic E-state index is 13.1. The lowest BCUT2D eigenvalue weighted by Crippen LogP contribution is -2.34. The van der Waals surface area contributed by atoms with Crippen LogP contribution in [0.5, 0.6) is 5.75 Å². The van der Waals surface area contributed by atoms with Crippen LogP contribution in [0.4, 0.5) is 14.6 Å². The van der Waals surface area contributed by atoms with Gasteiger partial charge in [0.2, 0.25) is 0 Å². The number of benzene rings is 1. The summed E-state index contributed by atoms with van der Waals surface area (Å²) in [6.07, 6.45) is 3.95. The SMILES string of the molecule is C[C@@H](C1CC1)N1Cc2cc(-c3c[nH]c4nc(N)ccc34)cc(OC(F)F)c2C1=O. The van der Waals surface area contributed by atoms with E-state index in [0.29, 0.717) is 35.1 Å². The molecule has 0 unspecified atom stereocenters. The van der Waals surface area contributed by atoms with E-state index in [4.69, 9.17) is 10.5 Å². The average molecular weight is 398 g/mol. The molecule has 150 valence electrons. The number of carbonyl (C=O) groups excluding carboxylic acids is 1. The molecule has 1 aliphatic heterocycles. The van der Waals surface area contributed by atoms with E-state index in [1.54, 1.807) is 17.2 Å². The average Bonchev–Trinajstić information content (AvgIpc) is 3.35. The van der Waals surface area contributed by atoms with Gasteiger partial charge in [-0.2, -0.15) is 8.78 Å². The Bertz CT molecular complexity index is 1120. The second-order valence-corrected chi connectivity index (χ2v) is 7.73. The zero-order valence-electron chi connectivity index (χ0n) is 15.8. The molecular formula is C21H20F2N4O2. The molecule has 2 aliphatic rings. The summed E-state index contributed by atoms with van der Waals surface area (Å²) in [6, 6.07) is 6.98. The zero-order valence-corrected chi connectivity index (χ0v) is 15.8. The Balaban J connectivity index is 1.62. The van der Waals surface area contributed by atoms with E-state index in [0.717, 1.165) is 23.8 Å². The molecule has 1 aliphatic carbocycles. The monoisotopic (exact) mass is 398 g/mol. The van der Waals surface area contributed by atoms with Crippen molar-refractivity contribution in [3.05, 3.63) is 41.6 Å². The number of aromatic nitrogens is 2. The number of hydrogen-bond donors (Lipinski definition) is 2. The van der Waals surface area contributed by atoms with Gasteiger partial charge in [-0.05, 0) is 61.1 Å². The molecule has 1 fully saturated rings. The maximum atomic E-state index is 13.1. The number of rotatable bonds is 5. The number of H-pyrrole nitrogens is 1. The minimum absolute atomic E-state index is 0.0815. The van der Waals surface area contributed by atoms with Crippen LogP contribution in [0, 0.1) is 5.92 Å². The first kappa shape index (κ1) is 17.9. The molecule has 0 saturated heterocycles. The Kier molecular flexibility index (Phi) is 3.97. The smallest absolute Gasteiger partial charge is 0.387 e. The van der Waals surface area contributed by atoms with Gasteiger partial charge in [0.25, 0.3) is 5.91 Å². The van der Waals surface area contributed by atoms with Crippen LogP contribution in [0.1, 0.15) is 35.7 Å². The molecule has 2 aromatic heterocycles. The second kappa shape index (κ2) is 6.43. The molecule has 1 aromatic carbocycles. The maximum Gasteiger partial charge on any atom is 0.387 e. The standard InChI is InChI=1S/C21H20F2N4O2/c1-10(11-2-3-11)27-9-13-6-12(7-16(29-21(22)23)18(13)20(27)28)15-8-25-19-14(15)4-5-17(24)26-19/h4-8,10-11,21H,2-3,9H2,1H3,(H3,24,25,26)/t10-/m0/s1. The molecule has 0 bridgehead atoms. The second-order valence-electron chi connectivity index (χ2n) is 7.73. The first-order valence-electron chi connectivity index (χ1n) is 9.59. The van der Waals surface area contributed by atoms with Crippen molar-refractivity contribution in [2.75, 3.05) is 5.73 Å². The fraction of sp³-hybridized carbons (Fsp3) is 0.333. The molecule has 1 amide bonds. The highest BCUT2D eigenvalue weighted by Gasteiger charge is 2.40. The molecule has 3 aromatic rings. The lowest BCUT2D eigenvalue weighted by Gasteiger charge is -2.24. The van der Waals surface area contributed by atoms with Crippen LogP contribution in [0.3, 0.4) is 0 Å². The fourth-order valence-corrected chi connectivity index (χ4v) is 4.20. The fourth-order valence-electron chi connectivity index (χ4n) is 4.20. The number of fused-ring (bicyclic) bond motifs is 2. The van der Waals surface area contributed by atoms with Crippen LogP contribution in [0.25, 0.3) is 22.2 Å². The lowest BCUT2D eigenvalue weighted by molar-refractivity contribution is -0.0501. The summed E-state index contributed by atoms with van der Waals surface area (Å²) in [5.41, 5.74) is 8.76. The molecule has 8 heteroatoms. The van der Waals surface area contributed by atoms with Gasteiger partial charge < -0.3 is 20.4 Å². The molecule has 6 nitrogen and oxygen atoms in total. The highest BCUT2D eigenvalue weighted by molar-refractivity contribution is 6.03. The van der Waals surface area contributed by atoms with E-state index in [1.165, 1.54) is 6.07 Å². The van der Waals surface area contributed by atoms with E-state index in [1.807, 2.05) is 19.1 Å². The van der Waals surface area contributed by atoms with Crippen molar-refractivity contribution < 1.29 is 18.3 Å². The number of carbonyl (C=O) groups is 1. The molecule has 3 N–H and O–H groups in total. The first-order chi connectivity index (χ1) is 13.9. The molecule has 0 radical (unpaired) electrons. The van der Waals surface area contributed by atoms with E-state index >= 15 is 0 Å². The molecule has 5 rings (SSSR count). The summed E-state index contributed by atoms with van der Waals surface area (Å²) in [4.78, 5) is 22.1. The first-order valence-corrected chi connectivity index (χ1v) is 9.59. The third-order valence-corrected chi connectivity index (χ3v) is 5.88. The number of anilines is 1. The van der Waals surface area contributed by atoms with Crippen LogP contribution in [0.2, 0.25) is 0 Å². The summed E-state index contributed by atoms with van der Waals surface area (Å²) in [5, 5.41) is 0.815. The quantitative estimate of drug-likeness (QED) is 0.676. The van der Waals surface area contributed by atoms with Crippen LogP contribution in [-0.4, -0.2) is 33.4 Å². The third-order valence-electron chi connectivity index (χ3n) is 5.88. The third kappa shape index (κ3) is 2.99. The number of hydrogen-bond acceptors (Lipinski definition) is 4. The molecular weight excluding hydrogens is 378 g/mol. The number of alkyl halides is 2. The van der Waals surface area contributed by atoms with Crippen molar-refractivity contribution in [3.63, 3.8) is 0 Å². The van der Waals surface area contributed by atoms with Gasteiger partial charge in [-0.15, -0.1) is 0 Å². The van der Waals surface area contributed by atoms with Gasteiger partial charge in [0.1, 0.15) is 17.2 Å². The summed E-state index contributed by atoms with van der Waals surface area (Å²) in [6.45, 7) is -0.597. The van der Waals surface area contributed by atoms with E-state index in [-0.39, 0.29) is 23.3 Å². The number of nitrogens with one attached hydrogen (secondary N) is 1. The van der Waals surface area contributed by atoms with Crippen molar-refractivity contribution >= 4 is 22.8 Å². The minimum Gasteiger partial charge on any atom is -0.434 e. The number of pyridine rings is 1. The molecule has 0 spiro atoms. The number of nitrogen functional groups attached to an aromatic ring is 1. The summed E-state index contributed by atoms with van der Waals surface area (Å²) >= 11 is 0. The summed E-state index contributed by atoms with van der Waals surface area (Å²) in [7, 11) is 0. The summed E-state index contributed by atoms with van der Waals surface area (Å²) < 4.78 is 31.0. The Morgan fingerprint density at radius 1 is 1.31 bits per heavy atom. The topological polar surface area (TPSA) is 84.2 Å². The van der Waals surface area contributed by atoms with Crippen molar-refractivity contribution in [1.82, 2.24) is 14.9 Å². The number of halogens is 2. The predicted molar refractivity (Wildman–Crippen MR) is 105 cm³/mol. The van der Waals surface area contributed by atoms with Crippen molar-refractivity contribution in [2.24, 2.45) is 5.92 Å². The number of ether oxygens (including phenoxy) is 1. The van der Waals surface area contributed by atoms with Crippen LogP contribution in [-0.2, 0) is 6.54 Å². The van der Waals surface area contributed by atoms with Gasteiger partial charge in [0.15, 0.2) is 0 Å². The largest absolute Gasteiger partial charge is 0.434 e. The highest BCUT2D eigenvalue weighted by Crippen LogP contribution is 2.42. The molecule has 3 heterocycles. The molecule has 1 atom stereocenters. The Morgan fingerprint density at radius 2 is 2.10 bits per heavy atom. The van der Waals surface area contributed by atoms with Crippen LogP contribution >= 0.6 is 0 Å². The Hall–Kier alpha value is -3.16. The van der Waals surface area contributed by atoms with Gasteiger partial charge in [0.05, 0.1) is 5.56 Å². The van der Waals surface area contributed by atoms with Gasteiger partial charge in [-0.1, -0.05) is 0 Å². The van der Waals surface area contributed by atoms with Crippen molar-refractivity contribution in [1.29, 1.82) is 0 Å². The summed E-state index contributed by atoms with van der Waals surface area (Å²) in [5.74, 6) is 0.546. The van der Waals surface area contributed by atoms with Crippen LogP contribution < -0.4 is 10.5 Å². The normalized spacial score (nSPS) is 17.2. The van der Waals surface area contributed by atoms with E-state index in [2.05, 4.69) is 9.97 Å². The van der Waals surface area contributed by atoms with Gasteiger partial charge >= 0.3 is 6.61 Å². The number of nitrogens with two attached hydrogens (primary N) is 1. The van der Waals surface area contributed by atoms with E-state index in [9.17, 15) is 13.6 Å². The van der Waals surface area contributed by atoms with Crippen LogP contribution in [0.15, 0.2) is 30.5 Å². The molecule has 29 heavy (non-hydrogen) atoms. The van der Waals surface area contributed by atoms with Crippen molar-refractivity contribution in [2.45, 2.75) is 39.0 Å². The van der Waals surface area contributed by atoms with Gasteiger partial charge in [0, 0.05) is 29.7 Å². The highest BCUT2D eigenvalue weighted by atomic mass is 19.3. The van der Waals surface area contributed by atoms with Gasteiger partial charge in [-0.25, -0.2) is 4.98 Å². The Morgan fingerprint density at radius 3 is 2.83 bits per heavy atom.